The summed E-state index contributed by atoms with van der Waals surface area (Å²) in [7, 11) is 0. The molecule has 2 nitrogen and oxygen atoms in total. The van der Waals surface area contributed by atoms with Crippen molar-refractivity contribution in [3.8, 4) is 6.07 Å². The minimum Gasteiger partial charge on any atom is -0.298 e. The molecule has 0 aromatic carbocycles. The first-order chi connectivity index (χ1) is 4.83. The van der Waals surface area contributed by atoms with E-state index in [0.717, 1.165) is 6.42 Å². The van der Waals surface area contributed by atoms with Crippen molar-refractivity contribution in [2.45, 2.75) is 6.42 Å². The lowest BCUT2D eigenvalue weighted by molar-refractivity contribution is -0.121. The number of ketones is 1. The van der Waals surface area contributed by atoms with Crippen LogP contribution >= 0.6 is 0 Å². The Balaban J connectivity index is 2.36. The van der Waals surface area contributed by atoms with Gasteiger partial charge in [-0.2, -0.15) is 5.26 Å². The fraction of sp³-hybridized carbons (Fsp3) is 0.500. The van der Waals surface area contributed by atoms with Crippen LogP contribution in [0.2, 0.25) is 0 Å². The quantitative estimate of drug-likeness (QED) is 0.460. The third-order valence-electron chi connectivity index (χ3n) is 2.36. The summed E-state index contributed by atoms with van der Waals surface area (Å²) in [6, 6.07) is 2.04. The molecule has 3 atom stereocenters. The van der Waals surface area contributed by atoms with Crippen LogP contribution in [0.15, 0.2) is 12.2 Å². The van der Waals surface area contributed by atoms with Gasteiger partial charge in [0.1, 0.15) is 5.92 Å². The number of fused-ring (bicyclic) bond motifs is 2. The largest absolute Gasteiger partial charge is 0.298 e. The molecule has 0 N–H and O–H groups in total. The van der Waals surface area contributed by atoms with Crippen LogP contribution < -0.4 is 0 Å². The summed E-state index contributed by atoms with van der Waals surface area (Å²) in [6.07, 6.45) is 4.82. The number of rotatable bonds is 0. The van der Waals surface area contributed by atoms with E-state index >= 15 is 0 Å². The van der Waals surface area contributed by atoms with Crippen molar-refractivity contribution >= 4 is 5.78 Å². The van der Waals surface area contributed by atoms with Gasteiger partial charge in [-0.05, 0) is 6.42 Å². The van der Waals surface area contributed by atoms with Gasteiger partial charge in [0.2, 0.25) is 0 Å². The number of hydrogen-bond donors (Lipinski definition) is 0. The summed E-state index contributed by atoms with van der Waals surface area (Å²) in [6.45, 7) is 0. The second-order valence-corrected chi connectivity index (χ2v) is 2.90. The molecule has 0 amide bonds. The number of nitriles is 1. The van der Waals surface area contributed by atoms with Gasteiger partial charge < -0.3 is 0 Å². The van der Waals surface area contributed by atoms with Gasteiger partial charge in [0.15, 0.2) is 5.78 Å². The van der Waals surface area contributed by atoms with E-state index in [2.05, 4.69) is 0 Å². The second kappa shape index (κ2) is 1.69. The number of Topliss-reactive ketones (excluding diaryl/α,β-unsaturated/α-hetero) is 1. The average Bonchev–Trinajstić information content (AvgIpc) is 2.46. The Kier molecular flexibility index (Phi) is 0.960. The molecule has 0 aliphatic heterocycles. The minimum atomic E-state index is -0.324. The lowest BCUT2D eigenvalue weighted by Crippen LogP contribution is -2.16. The third-order valence-corrected chi connectivity index (χ3v) is 2.36. The van der Waals surface area contributed by atoms with Crippen LogP contribution in [0.4, 0.5) is 0 Å². The van der Waals surface area contributed by atoms with Crippen molar-refractivity contribution in [1.29, 1.82) is 5.26 Å². The molecule has 10 heavy (non-hydrogen) atoms. The van der Waals surface area contributed by atoms with E-state index in [-0.39, 0.29) is 23.5 Å². The zero-order valence-corrected chi connectivity index (χ0v) is 5.45. The Bertz CT molecular complexity index is 248. The molecule has 0 radical (unpaired) electrons. The fourth-order valence-corrected chi connectivity index (χ4v) is 1.79. The van der Waals surface area contributed by atoms with Crippen LogP contribution in [-0.4, -0.2) is 5.78 Å². The molecule has 2 aliphatic rings. The third kappa shape index (κ3) is 0.501. The Morgan fingerprint density at radius 2 is 2.40 bits per heavy atom. The fourth-order valence-electron chi connectivity index (χ4n) is 1.79. The molecule has 0 heterocycles. The van der Waals surface area contributed by atoms with E-state index in [1.165, 1.54) is 0 Å². The van der Waals surface area contributed by atoms with Crippen LogP contribution in [0.1, 0.15) is 6.42 Å². The van der Waals surface area contributed by atoms with Gasteiger partial charge >= 0.3 is 0 Å². The van der Waals surface area contributed by atoms with E-state index in [0.29, 0.717) is 0 Å². The summed E-state index contributed by atoms with van der Waals surface area (Å²) in [5.74, 6) is 0.127. The molecule has 0 aromatic heterocycles. The smallest absolute Gasteiger partial charge is 0.157 e. The second-order valence-electron chi connectivity index (χ2n) is 2.90. The summed E-state index contributed by atoms with van der Waals surface area (Å²) in [4.78, 5) is 11.1. The maximum atomic E-state index is 11.1. The molecule has 1 saturated carbocycles. The summed E-state index contributed by atoms with van der Waals surface area (Å²) in [5, 5.41) is 8.55. The normalized spacial score (nSPS) is 42.3. The molecule has 0 aromatic rings. The first-order valence-electron chi connectivity index (χ1n) is 3.44. The molecule has 0 saturated heterocycles. The SMILES string of the molecule is N#CC1C(=O)C2C=CC1C2. The Labute approximate surface area is 59.1 Å². The molecule has 0 spiro atoms. The van der Waals surface area contributed by atoms with Crippen LogP contribution in [0, 0.1) is 29.1 Å². The van der Waals surface area contributed by atoms with Gasteiger partial charge in [-0.3, -0.25) is 4.79 Å². The minimum absolute atomic E-state index is 0.0784. The highest BCUT2D eigenvalue weighted by atomic mass is 16.1. The molecule has 3 unspecified atom stereocenters. The van der Waals surface area contributed by atoms with E-state index < -0.39 is 0 Å². The average molecular weight is 133 g/mol. The van der Waals surface area contributed by atoms with Crippen molar-refractivity contribution in [2.24, 2.45) is 17.8 Å². The Morgan fingerprint density at radius 3 is 2.80 bits per heavy atom. The summed E-state index contributed by atoms with van der Waals surface area (Å²) in [5.41, 5.74) is 0. The zero-order valence-electron chi connectivity index (χ0n) is 5.45. The predicted molar refractivity (Wildman–Crippen MR) is 34.8 cm³/mol. The molecular formula is C8H7NO. The topological polar surface area (TPSA) is 40.9 Å². The highest BCUT2D eigenvalue weighted by molar-refractivity contribution is 5.91. The Hall–Kier alpha value is -1.10. The molecular weight excluding hydrogens is 126 g/mol. The molecule has 2 heteroatoms. The van der Waals surface area contributed by atoms with E-state index in [1.54, 1.807) is 0 Å². The maximum Gasteiger partial charge on any atom is 0.157 e. The highest BCUT2D eigenvalue weighted by Gasteiger charge is 2.43. The summed E-state index contributed by atoms with van der Waals surface area (Å²) >= 11 is 0. The van der Waals surface area contributed by atoms with Gasteiger partial charge in [0.25, 0.3) is 0 Å². The predicted octanol–water partition coefficient (Wildman–Crippen LogP) is 0.901. The number of hydrogen-bond acceptors (Lipinski definition) is 2. The standard InChI is InChI=1S/C8H7NO/c9-4-7-5-1-2-6(3-5)8(7)10/h1-2,5-7H,3H2. The van der Waals surface area contributed by atoms with Gasteiger partial charge in [0, 0.05) is 11.8 Å². The highest BCUT2D eigenvalue weighted by Crippen LogP contribution is 2.39. The van der Waals surface area contributed by atoms with Crippen molar-refractivity contribution in [3.05, 3.63) is 12.2 Å². The molecule has 1 fully saturated rings. The number of carbonyl (C=O) groups is 1. The molecule has 50 valence electrons. The number of allylic oxidation sites excluding steroid dienone is 2. The monoisotopic (exact) mass is 133 g/mol. The molecule has 2 rings (SSSR count). The van der Waals surface area contributed by atoms with Gasteiger partial charge in [-0.25, -0.2) is 0 Å². The zero-order chi connectivity index (χ0) is 7.14. The van der Waals surface area contributed by atoms with Crippen molar-refractivity contribution < 1.29 is 4.79 Å². The summed E-state index contributed by atoms with van der Waals surface area (Å²) < 4.78 is 0. The van der Waals surface area contributed by atoms with Crippen LogP contribution in [0.3, 0.4) is 0 Å². The molecule has 2 aliphatic carbocycles. The van der Waals surface area contributed by atoms with Gasteiger partial charge in [-0.15, -0.1) is 0 Å². The Morgan fingerprint density at radius 1 is 1.60 bits per heavy atom. The number of carbonyl (C=O) groups excluding carboxylic acids is 1. The van der Waals surface area contributed by atoms with E-state index in [4.69, 9.17) is 5.26 Å². The van der Waals surface area contributed by atoms with Crippen LogP contribution in [0.5, 0.6) is 0 Å². The number of nitrogens with zero attached hydrogens (tertiary/aromatic N) is 1. The molecule has 2 bridgehead atoms. The van der Waals surface area contributed by atoms with E-state index in [1.807, 2.05) is 18.2 Å². The first-order valence-corrected chi connectivity index (χ1v) is 3.44. The van der Waals surface area contributed by atoms with Crippen molar-refractivity contribution in [3.63, 3.8) is 0 Å². The van der Waals surface area contributed by atoms with Crippen molar-refractivity contribution in [2.75, 3.05) is 0 Å². The van der Waals surface area contributed by atoms with Crippen LogP contribution in [0.25, 0.3) is 0 Å². The van der Waals surface area contributed by atoms with Gasteiger partial charge in [-0.1, -0.05) is 12.2 Å². The lowest BCUT2D eigenvalue weighted by atomic mass is 9.94. The van der Waals surface area contributed by atoms with Crippen LogP contribution in [-0.2, 0) is 4.79 Å². The lowest BCUT2D eigenvalue weighted by Gasteiger charge is -2.06. The van der Waals surface area contributed by atoms with Gasteiger partial charge in [0.05, 0.1) is 6.07 Å². The van der Waals surface area contributed by atoms with Crippen molar-refractivity contribution in [1.82, 2.24) is 0 Å². The maximum absolute atomic E-state index is 11.1. The first kappa shape index (κ1) is 5.67. The van der Waals surface area contributed by atoms with E-state index in [9.17, 15) is 4.79 Å².